The van der Waals surface area contributed by atoms with E-state index in [1.54, 1.807) is 23.7 Å². The molecular weight excluding hydrogens is 297 g/mol. The number of hydrogen-bond acceptors (Lipinski definition) is 3. The molecule has 0 N–H and O–H groups in total. The normalized spacial score (nSPS) is 28.5. The Morgan fingerprint density at radius 2 is 2.22 bits per heavy atom. The molecule has 2 aliphatic rings. The van der Waals surface area contributed by atoms with Crippen LogP contribution in [0.4, 0.5) is 9.18 Å². The Morgan fingerprint density at radius 3 is 2.87 bits per heavy atom. The predicted molar refractivity (Wildman–Crippen MR) is 85.7 cm³/mol. The first-order chi connectivity index (χ1) is 10.9. The standard InChI is InChI=1S/C16H26FN5O/c1-19(2)15(23)22-6-4-14(17)16(12-22)5-7-21(11-16)10-13-8-18-20(3)9-13/h8-9,14H,4-7,10-12H2,1-3H3/t14-,16+/m1/s1. The van der Waals surface area contributed by atoms with E-state index in [0.29, 0.717) is 26.1 Å². The summed E-state index contributed by atoms with van der Waals surface area (Å²) < 4.78 is 16.5. The number of piperidine rings is 1. The Morgan fingerprint density at radius 1 is 1.43 bits per heavy atom. The molecule has 2 fully saturated rings. The molecule has 0 aromatic carbocycles. The first-order valence-electron chi connectivity index (χ1n) is 8.20. The number of halogens is 1. The molecule has 1 aromatic heterocycles. The van der Waals surface area contributed by atoms with Crippen molar-refractivity contribution >= 4 is 6.03 Å². The van der Waals surface area contributed by atoms with Crippen molar-refractivity contribution in [1.82, 2.24) is 24.5 Å². The zero-order valence-electron chi connectivity index (χ0n) is 14.2. The van der Waals surface area contributed by atoms with Crippen LogP contribution in [0, 0.1) is 5.41 Å². The van der Waals surface area contributed by atoms with Crippen LogP contribution in [-0.4, -0.2) is 77.0 Å². The number of rotatable bonds is 2. The van der Waals surface area contributed by atoms with Crippen molar-refractivity contribution in [3.63, 3.8) is 0 Å². The van der Waals surface area contributed by atoms with Gasteiger partial charge in [-0.1, -0.05) is 0 Å². The molecule has 0 unspecified atom stereocenters. The highest BCUT2D eigenvalue weighted by atomic mass is 19.1. The average Bonchev–Trinajstić information content (AvgIpc) is 3.09. The van der Waals surface area contributed by atoms with Gasteiger partial charge in [0.2, 0.25) is 0 Å². The first-order valence-corrected chi connectivity index (χ1v) is 8.20. The summed E-state index contributed by atoms with van der Waals surface area (Å²) in [5, 5.41) is 4.19. The minimum atomic E-state index is -0.826. The fraction of sp³-hybridized carbons (Fsp3) is 0.750. The van der Waals surface area contributed by atoms with E-state index in [0.717, 1.165) is 25.1 Å². The second-order valence-electron chi connectivity index (χ2n) is 7.20. The third-order valence-corrected chi connectivity index (χ3v) is 5.10. The molecule has 2 aliphatic heterocycles. The maximum absolute atomic E-state index is 14.7. The number of hydrogen-bond donors (Lipinski definition) is 0. The van der Waals surface area contributed by atoms with Crippen molar-refractivity contribution in [2.45, 2.75) is 25.6 Å². The summed E-state index contributed by atoms with van der Waals surface area (Å²) in [6.07, 6.45) is 4.29. The summed E-state index contributed by atoms with van der Waals surface area (Å²) in [5.41, 5.74) is 0.739. The summed E-state index contributed by atoms with van der Waals surface area (Å²) in [6, 6.07) is -0.0121. The van der Waals surface area contributed by atoms with E-state index in [1.165, 1.54) is 0 Å². The summed E-state index contributed by atoms with van der Waals surface area (Å²) in [4.78, 5) is 17.9. The van der Waals surface area contributed by atoms with E-state index < -0.39 is 11.6 Å². The lowest BCUT2D eigenvalue weighted by Crippen LogP contribution is -2.55. The van der Waals surface area contributed by atoms with Crippen LogP contribution in [0.25, 0.3) is 0 Å². The van der Waals surface area contributed by atoms with Crippen LogP contribution in [0.1, 0.15) is 18.4 Å². The molecule has 0 saturated carbocycles. The minimum Gasteiger partial charge on any atom is -0.331 e. The Labute approximate surface area is 136 Å². The van der Waals surface area contributed by atoms with Crippen molar-refractivity contribution in [1.29, 1.82) is 0 Å². The number of aromatic nitrogens is 2. The molecule has 3 rings (SSSR count). The van der Waals surface area contributed by atoms with Crippen molar-refractivity contribution < 1.29 is 9.18 Å². The Hall–Kier alpha value is -1.63. The topological polar surface area (TPSA) is 44.6 Å². The van der Waals surface area contributed by atoms with Crippen LogP contribution in [0.3, 0.4) is 0 Å². The smallest absolute Gasteiger partial charge is 0.319 e. The quantitative estimate of drug-likeness (QED) is 0.825. The van der Waals surface area contributed by atoms with Crippen LogP contribution in [0.15, 0.2) is 12.4 Å². The SMILES string of the molecule is CN(C)C(=O)N1CC[C@@H](F)[C@]2(CCN(Cc3cnn(C)c3)C2)C1. The zero-order chi connectivity index (χ0) is 16.6. The van der Waals surface area contributed by atoms with Crippen LogP contribution >= 0.6 is 0 Å². The van der Waals surface area contributed by atoms with E-state index in [-0.39, 0.29) is 6.03 Å². The number of alkyl halides is 1. The van der Waals surface area contributed by atoms with Crippen molar-refractivity contribution in [3.05, 3.63) is 18.0 Å². The Balaban J connectivity index is 1.67. The van der Waals surface area contributed by atoms with E-state index in [1.807, 2.05) is 24.3 Å². The van der Waals surface area contributed by atoms with Gasteiger partial charge in [-0.05, 0) is 19.4 Å². The van der Waals surface area contributed by atoms with Gasteiger partial charge in [0.25, 0.3) is 0 Å². The van der Waals surface area contributed by atoms with Crippen LogP contribution in [0.5, 0.6) is 0 Å². The molecule has 0 bridgehead atoms. The zero-order valence-corrected chi connectivity index (χ0v) is 14.2. The Bertz CT molecular complexity index is 575. The maximum Gasteiger partial charge on any atom is 0.319 e. The molecule has 0 radical (unpaired) electrons. The molecule has 2 saturated heterocycles. The largest absolute Gasteiger partial charge is 0.331 e. The number of carbonyl (C=O) groups excluding carboxylic acids is 1. The minimum absolute atomic E-state index is 0.0121. The highest BCUT2D eigenvalue weighted by Gasteiger charge is 2.49. The molecule has 6 nitrogen and oxygen atoms in total. The van der Waals surface area contributed by atoms with Gasteiger partial charge in [0.1, 0.15) is 6.17 Å². The van der Waals surface area contributed by atoms with Gasteiger partial charge in [0.15, 0.2) is 0 Å². The Kier molecular flexibility index (Phi) is 4.31. The lowest BCUT2D eigenvalue weighted by atomic mass is 9.77. The van der Waals surface area contributed by atoms with Crippen LogP contribution in [-0.2, 0) is 13.6 Å². The van der Waals surface area contributed by atoms with E-state index in [2.05, 4.69) is 10.00 Å². The van der Waals surface area contributed by atoms with E-state index in [9.17, 15) is 9.18 Å². The molecule has 23 heavy (non-hydrogen) atoms. The molecule has 1 aromatic rings. The molecule has 128 valence electrons. The predicted octanol–water partition coefficient (Wildman–Crippen LogP) is 1.34. The second-order valence-corrected chi connectivity index (χ2v) is 7.20. The summed E-state index contributed by atoms with van der Waals surface area (Å²) in [7, 11) is 5.40. The number of aryl methyl sites for hydroxylation is 1. The molecular formula is C16H26FN5O. The molecule has 2 atom stereocenters. The number of nitrogens with zero attached hydrogens (tertiary/aromatic N) is 5. The average molecular weight is 323 g/mol. The first kappa shape index (κ1) is 16.2. The maximum atomic E-state index is 14.7. The number of carbonyl (C=O) groups is 1. The molecule has 2 amide bonds. The summed E-state index contributed by atoms with van der Waals surface area (Å²) >= 11 is 0. The molecule has 1 spiro atoms. The van der Waals surface area contributed by atoms with Gasteiger partial charge in [0.05, 0.1) is 6.20 Å². The van der Waals surface area contributed by atoms with Crippen LogP contribution < -0.4 is 0 Å². The number of urea groups is 1. The molecule has 3 heterocycles. The van der Waals surface area contributed by atoms with Gasteiger partial charge in [-0.15, -0.1) is 0 Å². The summed E-state index contributed by atoms with van der Waals surface area (Å²) in [5.74, 6) is 0. The lowest BCUT2D eigenvalue weighted by molar-refractivity contribution is 0.0201. The van der Waals surface area contributed by atoms with Gasteiger partial charge in [-0.2, -0.15) is 5.10 Å². The fourth-order valence-electron chi connectivity index (χ4n) is 3.90. The van der Waals surface area contributed by atoms with Gasteiger partial charge < -0.3 is 9.80 Å². The van der Waals surface area contributed by atoms with Crippen LogP contribution in [0.2, 0.25) is 0 Å². The van der Waals surface area contributed by atoms with Gasteiger partial charge in [-0.3, -0.25) is 9.58 Å². The lowest BCUT2D eigenvalue weighted by Gasteiger charge is -2.43. The van der Waals surface area contributed by atoms with Crippen molar-refractivity contribution in [3.8, 4) is 0 Å². The van der Waals surface area contributed by atoms with E-state index >= 15 is 0 Å². The monoisotopic (exact) mass is 323 g/mol. The number of amides is 2. The molecule has 7 heteroatoms. The third kappa shape index (κ3) is 3.20. The third-order valence-electron chi connectivity index (χ3n) is 5.10. The van der Waals surface area contributed by atoms with Gasteiger partial charge in [0, 0.05) is 64.5 Å². The van der Waals surface area contributed by atoms with Crippen molar-refractivity contribution in [2.75, 3.05) is 40.3 Å². The highest BCUT2D eigenvalue weighted by Crippen LogP contribution is 2.41. The van der Waals surface area contributed by atoms with Gasteiger partial charge >= 0.3 is 6.03 Å². The van der Waals surface area contributed by atoms with Crippen molar-refractivity contribution in [2.24, 2.45) is 12.5 Å². The van der Waals surface area contributed by atoms with E-state index in [4.69, 9.17) is 0 Å². The fourth-order valence-corrected chi connectivity index (χ4v) is 3.90. The molecule has 0 aliphatic carbocycles. The second kappa shape index (κ2) is 6.11. The van der Waals surface area contributed by atoms with Gasteiger partial charge in [-0.25, -0.2) is 9.18 Å². The number of likely N-dealkylation sites (tertiary alicyclic amines) is 2. The highest BCUT2D eigenvalue weighted by molar-refractivity contribution is 5.74. The summed E-state index contributed by atoms with van der Waals surface area (Å²) in [6.45, 7) is 3.42.